The van der Waals surface area contributed by atoms with Gasteiger partial charge in [-0.05, 0) is 30.7 Å². The average Bonchev–Trinajstić information content (AvgIpc) is 3.07. The fourth-order valence-electron chi connectivity index (χ4n) is 3.85. The van der Waals surface area contributed by atoms with Crippen LogP contribution in [0.1, 0.15) is 17.5 Å². The van der Waals surface area contributed by atoms with E-state index in [0.29, 0.717) is 0 Å². The Bertz CT molecular complexity index is 656. The van der Waals surface area contributed by atoms with E-state index in [1.54, 1.807) is 0 Å². The first-order valence-corrected chi connectivity index (χ1v) is 7.94. The summed E-state index contributed by atoms with van der Waals surface area (Å²) in [7, 11) is 0. The maximum absolute atomic E-state index is 6.49. The second kappa shape index (κ2) is 5.04. The van der Waals surface area contributed by atoms with Gasteiger partial charge in [0.05, 0.1) is 0 Å². The Morgan fingerprint density at radius 3 is 2.81 bits per heavy atom. The summed E-state index contributed by atoms with van der Waals surface area (Å²) >= 11 is 6.49. The van der Waals surface area contributed by atoms with Crippen LogP contribution in [0.15, 0.2) is 48.5 Å². The van der Waals surface area contributed by atoms with Gasteiger partial charge in [-0.15, -0.1) is 0 Å². The van der Waals surface area contributed by atoms with Crippen molar-refractivity contribution < 1.29 is 0 Å². The third-order valence-corrected chi connectivity index (χ3v) is 5.16. The highest BCUT2D eigenvalue weighted by Gasteiger charge is 2.45. The van der Waals surface area contributed by atoms with Crippen molar-refractivity contribution in [1.29, 1.82) is 0 Å². The Kier molecular flexibility index (Phi) is 3.16. The van der Waals surface area contributed by atoms with Crippen LogP contribution < -0.4 is 5.32 Å². The molecule has 0 saturated carbocycles. The number of hydrogen-bond acceptors (Lipinski definition) is 2. The van der Waals surface area contributed by atoms with Crippen molar-refractivity contribution in [2.75, 3.05) is 25.0 Å². The zero-order chi connectivity index (χ0) is 14.3. The van der Waals surface area contributed by atoms with Crippen LogP contribution in [0.25, 0.3) is 0 Å². The van der Waals surface area contributed by atoms with Crippen molar-refractivity contribution in [2.45, 2.75) is 18.4 Å². The number of hydrogen-bond donors (Lipinski definition) is 1. The van der Waals surface area contributed by atoms with E-state index < -0.39 is 0 Å². The molecule has 0 aromatic heterocycles. The first kappa shape index (κ1) is 13.2. The van der Waals surface area contributed by atoms with E-state index in [1.165, 1.54) is 23.2 Å². The molecule has 2 aromatic carbocycles. The van der Waals surface area contributed by atoms with Crippen LogP contribution in [0.5, 0.6) is 0 Å². The van der Waals surface area contributed by atoms with Crippen LogP contribution in [-0.4, -0.2) is 24.5 Å². The summed E-state index contributed by atoms with van der Waals surface area (Å²) in [6.07, 6.45) is 1.18. The van der Waals surface area contributed by atoms with Crippen LogP contribution in [0.3, 0.4) is 0 Å². The molecule has 1 atom stereocenters. The molecule has 0 radical (unpaired) electrons. The van der Waals surface area contributed by atoms with E-state index in [4.69, 9.17) is 11.6 Å². The summed E-state index contributed by atoms with van der Waals surface area (Å²) < 4.78 is 0. The minimum absolute atomic E-state index is 0.197. The predicted molar refractivity (Wildman–Crippen MR) is 88.0 cm³/mol. The fourth-order valence-corrected chi connectivity index (χ4v) is 4.22. The number of fused-ring (bicyclic) bond motifs is 2. The van der Waals surface area contributed by atoms with Gasteiger partial charge in [-0.25, -0.2) is 0 Å². The van der Waals surface area contributed by atoms with Gasteiger partial charge >= 0.3 is 0 Å². The van der Waals surface area contributed by atoms with E-state index in [2.05, 4.69) is 46.6 Å². The monoisotopic (exact) mass is 298 g/mol. The number of benzene rings is 2. The van der Waals surface area contributed by atoms with Crippen LogP contribution >= 0.6 is 11.6 Å². The standard InChI is InChI=1S/C18H19ClN2/c19-15-7-4-8-16-17(15)18(12-20-16)9-10-21(13-18)11-14-5-2-1-3-6-14/h1-8,20H,9-13H2. The molecule has 2 aliphatic rings. The van der Waals surface area contributed by atoms with Gasteiger partial charge in [-0.2, -0.15) is 0 Å². The van der Waals surface area contributed by atoms with E-state index >= 15 is 0 Å². The lowest BCUT2D eigenvalue weighted by atomic mass is 9.81. The number of likely N-dealkylation sites (tertiary alicyclic amines) is 1. The van der Waals surface area contributed by atoms with Crippen molar-refractivity contribution in [3.63, 3.8) is 0 Å². The van der Waals surface area contributed by atoms with E-state index in [0.717, 1.165) is 31.2 Å². The summed E-state index contributed by atoms with van der Waals surface area (Å²) in [5, 5.41) is 4.46. The molecule has 1 unspecified atom stereocenters. The summed E-state index contributed by atoms with van der Waals surface area (Å²) in [4.78, 5) is 2.55. The van der Waals surface area contributed by atoms with Gasteiger partial charge in [-0.1, -0.05) is 48.0 Å². The Balaban J connectivity index is 1.58. The molecule has 2 aromatic rings. The van der Waals surface area contributed by atoms with Gasteiger partial charge in [0.25, 0.3) is 0 Å². The Hall–Kier alpha value is -1.51. The molecule has 108 valence electrons. The highest BCUT2D eigenvalue weighted by molar-refractivity contribution is 6.32. The minimum Gasteiger partial charge on any atom is -0.384 e. The van der Waals surface area contributed by atoms with Crippen molar-refractivity contribution in [1.82, 2.24) is 4.90 Å². The third-order valence-electron chi connectivity index (χ3n) is 4.84. The highest BCUT2D eigenvalue weighted by Crippen LogP contribution is 2.46. The van der Waals surface area contributed by atoms with E-state index in [1.807, 2.05) is 12.1 Å². The van der Waals surface area contributed by atoms with Gasteiger partial charge in [0, 0.05) is 41.3 Å². The molecule has 1 fully saturated rings. The summed E-state index contributed by atoms with van der Waals surface area (Å²) in [5.74, 6) is 0. The first-order valence-electron chi connectivity index (χ1n) is 7.56. The molecule has 1 saturated heterocycles. The van der Waals surface area contributed by atoms with Gasteiger partial charge in [0.2, 0.25) is 0 Å². The van der Waals surface area contributed by atoms with Crippen LogP contribution in [-0.2, 0) is 12.0 Å². The van der Waals surface area contributed by atoms with Gasteiger partial charge in [0.15, 0.2) is 0 Å². The van der Waals surface area contributed by atoms with Crippen LogP contribution in [0, 0.1) is 0 Å². The molecular formula is C18H19ClN2. The molecule has 2 aliphatic heterocycles. The highest BCUT2D eigenvalue weighted by atomic mass is 35.5. The van der Waals surface area contributed by atoms with Crippen LogP contribution in [0.4, 0.5) is 5.69 Å². The van der Waals surface area contributed by atoms with E-state index in [9.17, 15) is 0 Å². The zero-order valence-corrected chi connectivity index (χ0v) is 12.7. The lowest BCUT2D eigenvalue weighted by molar-refractivity contribution is 0.309. The second-order valence-corrected chi connectivity index (χ2v) is 6.65. The molecule has 1 N–H and O–H groups in total. The SMILES string of the molecule is Clc1cccc2c1C1(CCN(Cc3ccccc3)C1)CN2. The topological polar surface area (TPSA) is 15.3 Å². The molecule has 2 nitrogen and oxygen atoms in total. The average molecular weight is 299 g/mol. The molecular weight excluding hydrogens is 280 g/mol. The maximum Gasteiger partial charge on any atom is 0.0465 e. The quantitative estimate of drug-likeness (QED) is 0.904. The molecule has 2 heterocycles. The van der Waals surface area contributed by atoms with Crippen molar-refractivity contribution in [3.8, 4) is 0 Å². The Morgan fingerprint density at radius 2 is 1.95 bits per heavy atom. The molecule has 0 bridgehead atoms. The van der Waals surface area contributed by atoms with Crippen molar-refractivity contribution in [3.05, 3.63) is 64.7 Å². The second-order valence-electron chi connectivity index (χ2n) is 6.24. The number of halogens is 1. The first-order chi connectivity index (χ1) is 10.3. The number of nitrogens with zero attached hydrogens (tertiary/aromatic N) is 1. The molecule has 0 amide bonds. The number of rotatable bonds is 2. The zero-order valence-electron chi connectivity index (χ0n) is 12.0. The normalized spacial score (nSPS) is 24.2. The van der Waals surface area contributed by atoms with Crippen LogP contribution in [0.2, 0.25) is 5.02 Å². The Labute approximate surface area is 130 Å². The van der Waals surface area contributed by atoms with E-state index in [-0.39, 0.29) is 5.41 Å². The van der Waals surface area contributed by atoms with Gasteiger partial charge in [-0.3, -0.25) is 4.90 Å². The van der Waals surface area contributed by atoms with Gasteiger partial charge < -0.3 is 5.32 Å². The number of anilines is 1. The summed E-state index contributed by atoms with van der Waals surface area (Å²) in [5.41, 5.74) is 4.15. The lowest BCUT2D eigenvalue weighted by Gasteiger charge is -2.25. The lowest BCUT2D eigenvalue weighted by Crippen LogP contribution is -2.32. The molecule has 3 heteroatoms. The van der Waals surface area contributed by atoms with Gasteiger partial charge in [0.1, 0.15) is 0 Å². The minimum atomic E-state index is 0.197. The Morgan fingerprint density at radius 1 is 1.10 bits per heavy atom. The molecule has 1 spiro atoms. The number of nitrogens with one attached hydrogen (secondary N) is 1. The summed E-state index contributed by atoms with van der Waals surface area (Å²) in [6.45, 7) is 4.27. The van der Waals surface area contributed by atoms with Crippen molar-refractivity contribution in [2.24, 2.45) is 0 Å². The summed E-state index contributed by atoms with van der Waals surface area (Å²) in [6, 6.07) is 16.9. The molecule has 4 rings (SSSR count). The predicted octanol–water partition coefficient (Wildman–Crippen LogP) is 3.91. The molecule has 21 heavy (non-hydrogen) atoms. The maximum atomic E-state index is 6.49. The van der Waals surface area contributed by atoms with Crippen molar-refractivity contribution >= 4 is 17.3 Å². The largest absolute Gasteiger partial charge is 0.384 e. The molecule has 0 aliphatic carbocycles. The third kappa shape index (κ3) is 2.23. The smallest absolute Gasteiger partial charge is 0.0465 e. The fraction of sp³-hybridized carbons (Fsp3) is 0.333.